The van der Waals surface area contributed by atoms with Crippen LogP contribution in [0.5, 0.6) is 0 Å². The van der Waals surface area contributed by atoms with Crippen LogP contribution in [0.2, 0.25) is 5.02 Å². The predicted molar refractivity (Wildman–Crippen MR) is 70.1 cm³/mol. The number of nitrogen functional groups attached to an aromatic ring is 1. The fourth-order valence-corrected chi connectivity index (χ4v) is 1.79. The molecule has 0 atom stereocenters. The van der Waals surface area contributed by atoms with Gasteiger partial charge in [0.05, 0.1) is 10.6 Å². The van der Waals surface area contributed by atoms with Crippen LogP contribution in [-0.2, 0) is 0 Å². The zero-order valence-electron chi connectivity index (χ0n) is 10.6. The summed E-state index contributed by atoms with van der Waals surface area (Å²) in [5.74, 6) is 0.154. The van der Waals surface area contributed by atoms with Crippen LogP contribution >= 0.6 is 11.6 Å². The number of nitrogens with zero attached hydrogens (tertiary/aromatic N) is 2. The summed E-state index contributed by atoms with van der Waals surface area (Å²) in [7, 11) is 1.75. The Morgan fingerprint density at radius 1 is 1.53 bits per heavy atom. The second-order valence-corrected chi connectivity index (χ2v) is 5.72. The van der Waals surface area contributed by atoms with Gasteiger partial charge in [0, 0.05) is 19.8 Å². The first kappa shape index (κ1) is 13.8. The van der Waals surface area contributed by atoms with Crippen molar-refractivity contribution in [2.24, 2.45) is 5.41 Å². The minimum atomic E-state index is -0.140. The molecule has 1 aromatic heterocycles. The zero-order chi connectivity index (χ0) is 13.2. The van der Waals surface area contributed by atoms with Crippen molar-refractivity contribution in [3.8, 4) is 0 Å². The van der Waals surface area contributed by atoms with Gasteiger partial charge in [0.15, 0.2) is 0 Å². The first-order valence-corrected chi connectivity index (χ1v) is 5.75. The molecule has 1 amide bonds. The molecule has 94 valence electrons. The van der Waals surface area contributed by atoms with Crippen molar-refractivity contribution < 1.29 is 4.79 Å². The molecule has 4 nitrogen and oxygen atoms in total. The van der Waals surface area contributed by atoms with Gasteiger partial charge in [-0.05, 0) is 11.5 Å². The van der Waals surface area contributed by atoms with E-state index in [0.29, 0.717) is 22.9 Å². The molecule has 0 aliphatic rings. The Labute approximate surface area is 107 Å². The minimum Gasteiger partial charge on any atom is -0.384 e. The monoisotopic (exact) mass is 255 g/mol. The molecule has 0 radical (unpaired) electrons. The van der Waals surface area contributed by atoms with Gasteiger partial charge in [-0.3, -0.25) is 4.79 Å². The molecule has 17 heavy (non-hydrogen) atoms. The topological polar surface area (TPSA) is 59.2 Å². The summed E-state index contributed by atoms with van der Waals surface area (Å²) in [4.78, 5) is 17.6. The number of carbonyl (C=O) groups excluding carboxylic acids is 1. The third kappa shape index (κ3) is 3.89. The van der Waals surface area contributed by atoms with Gasteiger partial charge in [0.2, 0.25) is 0 Å². The first-order chi connectivity index (χ1) is 7.70. The number of halogens is 1. The van der Waals surface area contributed by atoms with E-state index >= 15 is 0 Å². The maximum absolute atomic E-state index is 12.2. The molecule has 0 spiro atoms. The Balaban J connectivity index is 2.93. The van der Waals surface area contributed by atoms with Crippen LogP contribution in [0.25, 0.3) is 0 Å². The van der Waals surface area contributed by atoms with Gasteiger partial charge >= 0.3 is 0 Å². The van der Waals surface area contributed by atoms with Crippen molar-refractivity contribution in [2.75, 3.05) is 19.3 Å². The maximum atomic E-state index is 12.2. The van der Waals surface area contributed by atoms with Crippen LogP contribution in [0.15, 0.2) is 12.3 Å². The molecular formula is C12H18ClN3O. The highest BCUT2D eigenvalue weighted by Gasteiger charge is 2.20. The van der Waals surface area contributed by atoms with Crippen molar-refractivity contribution in [1.29, 1.82) is 0 Å². The summed E-state index contributed by atoms with van der Waals surface area (Å²) in [5.41, 5.74) is 5.98. The summed E-state index contributed by atoms with van der Waals surface area (Å²) < 4.78 is 0. The quantitative estimate of drug-likeness (QED) is 0.883. The molecule has 0 fully saturated rings. The van der Waals surface area contributed by atoms with E-state index in [1.54, 1.807) is 11.9 Å². The molecule has 0 unspecified atom stereocenters. The highest BCUT2D eigenvalue weighted by molar-refractivity contribution is 6.33. The van der Waals surface area contributed by atoms with E-state index in [1.807, 2.05) is 0 Å². The Bertz CT molecular complexity index is 426. The molecule has 0 aliphatic carbocycles. The lowest BCUT2D eigenvalue weighted by Crippen LogP contribution is -2.34. The van der Waals surface area contributed by atoms with Crippen LogP contribution in [0, 0.1) is 5.41 Å². The largest absolute Gasteiger partial charge is 0.384 e. The summed E-state index contributed by atoms with van der Waals surface area (Å²) in [6.45, 7) is 6.85. The summed E-state index contributed by atoms with van der Waals surface area (Å²) in [6, 6.07) is 1.50. The lowest BCUT2D eigenvalue weighted by molar-refractivity contribution is 0.0746. The van der Waals surface area contributed by atoms with Gasteiger partial charge in [-0.15, -0.1) is 0 Å². The van der Waals surface area contributed by atoms with Crippen LogP contribution in [0.1, 0.15) is 31.1 Å². The standard InChI is InChI=1S/C12H18ClN3O/c1-12(2,3)7-16(4)11(17)8-5-10(14)15-6-9(8)13/h5-6H,7H2,1-4H3,(H2,14,15). The highest BCUT2D eigenvalue weighted by atomic mass is 35.5. The van der Waals surface area contributed by atoms with E-state index in [4.69, 9.17) is 17.3 Å². The molecule has 0 aromatic carbocycles. The average Bonchev–Trinajstić information content (AvgIpc) is 2.18. The van der Waals surface area contributed by atoms with Crippen LogP contribution < -0.4 is 5.73 Å². The normalized spacial score (nSPS) is 11.4. The number of carbonyl (C=O) groups is 1. The number of amides is 1. The molecule has 1 heterocycles. The average molecular weight is 256 g/mol. The van der Waals surface area contributed by atoms with E-state index in [1.165, 1.54) is 12.3 Å². The number of aromatic nitrogens is 1. The van der Waals surface area contributed by atoms with Gasteiger partial charge in [-0.25, -0.2) is 4.98 Å². The molecule has 1 aromatic rings. The van der Waals surface area contributed by atoms with Gasteiger partial charge in [0.25, 0.3) is 5.91 Å². The number of anilines is 1. The van der Waals surface area contributed by atoms with Crippen molar-refractivity contribution >= 4 is 23.3 Å². The maximum Gasteiger partial charge on any atom is 0.255 e. The van der Waals surface area contributed by atoms with Crippen LogP contribution in [0.4, 0.5) is 5.82 Å². The van der Waals surface area contributed by atoms with Crippen LogP contribution in [0.3, 0.4) is 0 Å². The highest BCUT2D eigenvalue weighted by Crippen LogP contribution is 2.20. The SMILES string of the molecule is CN(CC(C)(C)C)C(=O)c1cc(N)ncc1Cl. The Morgan fingerprint density at radius 3 is 2.65 bits per heavy atom. The fourth-order valence-electron chi connectivity index (χ4n) is 1.61. The number of rotatable bonds is 2. The second kappa shape index (κ2) is 4.92. The Morgan fingerprint density at radius 2 is 2.12 bits per heavy atom. The van der Waals surface area contributed by atoms with Gasteiger partial charge in [0.1, 0.15) is 5.82 Å². The third-order valence-electron chi connectivity index (χ3n) is 2.17. The van der Waals surface area contributed by atoms with Gasteiger partial charge < -0.3 is 10.6 Å². The molecule has 0 saturated heterocycles. The van der Waals surface area contributed by atoms with Crippen molar-refractivity contribution in [2.45, 2.75) is 20.8 Å². The molecule has 5 heteroatoms. The number of hydrogen-bond acceptors (Lipinski definition) is 3. The molecule has 0 aliphatic heterocycles. The second-order valence-electron chi connectivity index (χ2n) is 5.31. The van der Waals surface area contributed by atoms with E-state index < -0.39 is 0 Å². The van der Waals surface area contributed by atoms with Crippen LogP contribution in [-0.4, -0.2) is 29.4 Å². The smallest absolute Gasteiger partial charge is 0.255 e. The molecule has 2 N–H and O–H groups in total. The summed E-state index contributed by atoms with van der Waals surface area (Å²) in [5, 5.41) is 0.324. The van der Waals surface area contributed by atoms with E-state index in [-0.39, 0.29) is 11.3 Å². The molecule has 1 rings (SSSR count). The van der Waals surface area contributed by atoms with E-state index in [2.05, 4.69) is 25.8 Å². The molecular weight excluding hydrogens is 238 g/mol. The number of nitrogens with two attached hydrogens (primary N) is 1. The molecule has 0 saturated carbocycles. The Kier molecular flexibility index (Phi) is 3.98. The van der Waals surface area contributed by atoms with E-state index in [9.17, 15) is 4.79 Å². The predicted octanol–water partition coefficient (Wildman–Crippen LogP) is 2.44. The summed E-state index contributed by atoms with van der Waals surface area (Å²) in [6.07, 6.45) is 1.40. The lowest BCUT2D eigenvalue weighted by atomic mass is 9.96. The van der Waals surface area contributed by atoms with Gasteiger partial charge in [-0.2, -0.15) is 0 Å². The zero-order valence-corrected chi connectivity index (χ0v) is 11.4. The number of pyridine rings is 1. The third-order valence-corrected chi connectivity index (χ3v) is 2.47. The minimum absolute atomic E-state index is 0.0372. The van der Waals surface area contributed by atoms with Gasteiger partial charge in [-0.1, -0.05) is 32.4 Å². The lowest BCUT2D eigenvalue weighted by Gasteiger charge is -2.26. The van der Waals surface area contributed by atoms with Crippen molar-refractivity contribution in [3.63, 3.8) is 0 Å². The van der Waals surface area contributed by atoms with Crippen molar-refractivity contribution in [3.05, 3.63) is 22.8 Å². The van der Waals surface area contributed by atoms with Crippen molar-refractivity contribution in [1.82, 2.24) is 9.88 Å². The fraction of sp³-hybridized carbons (Fsp3) is 0.500. The number of hydrogen-bond donors (Lipinski definition) is 1. The van der Waals surface area contributed by atoms with E-state index in [0.717, 1.165) is 0 Å². The summed E-state index contributed by atoms with van der Waals surface area (Å²) >= 11 is 5.94. The first-order valence-electron chi connectivity index (χ1n) is 5.37. The molecule has 0 bridgehead atoms. The Hall–Kier alpha value is -1.29.